The number of halogens is 3. The predicted octanol–water partition coefficient (Wildman–Crippen LogP) is 6.80. The maximum atomic E-state index is 13.7. The molecule has 0 N–H and O–H groups in total. The Morgan fingerprint density at radius 3 is 1.81 bits per heavy atom. The van der Waals surface area contributed by atoms with Crippen LogP contribution >= 0.6 is 34.8 Å². The van der Waals surface area contributed by atoms with Crippen LogP contribution in [0.1, 0.15) is 43.7 Å². The number of carbonyl (C=O) groups is 3. The molecule has 4 rings (SSSR count). The van der Waals surface area contributed by atoms with E-state index in [1.54, 1.807) is 79.7 Å². The molecule has 1 aromatic heterocycles. The van der Waals surface area contributed by atoms with Crippen molar-refractivity contribution in [2.75, 3.05) is 6.61 Å². The third kappa shape index (κ3) is 5.51. The molecule has 9 heteroatoms. The van der Waals surface area contributed by atoms with Crippen molar-refractivity contribution >= 4 is 52.3 Å². The van der Waals surface area contributed by atoms with E-state index in [4.69, 9.17) is 39.5 Å². The topological polar surface area (TPSA) is 78.3 Å². The first-order valence-electron chi connectivity index (χ1n) is 10.9. The van der Waals surface area contributed by atoms with Gasteiger partial charge in [0.25, 0.3) is 0 Å². The lowest BCUT2D eigenvalue weighted by Gasteiger charge is -2.10. The number of nitrogens with zero attached hydrogens (tertiary/aromatic N) is 2. The highest BCUT2D eigenvalue weighted by molar-refractivity contribution is 6.31. The molecule has 182 valence electrons. The molecule has 0 atom stereocenters. The zero-order valence-corrected chi connectivity index (χ0v) is 21.3. The van der Waals surface area contributed by atoms with Crippen molar-refractivity contribution in [2.24, 2.45) is 0 Å². The summed E-state index contributed by atoms with van der Waals surface area (Å²) in [5.74, 6) is -1.53. The molecule has 6 nitrogen and oxygen atoms in total. The van der Waals surface area contributed by atoms with Gasteiger partial charge in [0.05, 0.1) is 17.9 Å². The van der Waals surface area contributed by atoms with Gasteiger partial charge in [-0.3, -0.25) is 14.3 Å². The average molecular weight is 542 g/mol. The van der Waals surface area contributed by atoms with E-state index in [2.05, 4.69) is 5.10 Å². The summed E-state index contributed by atoms with van der Waals surface area (Å²) >= 11 is 18.0. The first kappa shape index (κ1) is 25.6. The van der Waals surface area contributed by atoms with Gasteiger partial charge in [-0.2, -0.15) is 5.10 Å². The van der Waals surface area contributed by atoms with E-state index in [-0.39, 0.29) is 35.9 Å². The number of ketones is 2. The van der Waals surface area contributed by atoms with Crippen LogP contribution in [0, 0.1) is 0 Å². The Labute approximate surface area is 222 Å². The zero-order chi connectivity index (χ0) is 25.8. The third-order valence-corrected chi connectivity index (χ3v) is 6.09. The number of esters is 1. The summed E-state index contributed by atoms with van der Waals surface area (Å²) in [6.07, 6.45) is 0. The van der Waals surface area contributed by atoms with E-state index in [0.717, 1.165) is 0 Å². The van der Waals surface area contributed by atoms with E-state index < -0.39 is 11.8 Å². The first-order valence-corrected chi connectivity index (χ1v) is 12.0. The van der Waals surface area contributed by atoms with Gasteiger partial charge in [-0.1, -0.05) is 46.9 Å². The van der Waals surface area contributed by atoms with Crippen LogP contribution in [0.5, 0.6) is 0 Å². The van der Waals surface area contributed by atoms with Crippen molar-refractivity contribution in [3.05, 3.63) is 110 Å². The molecule has 36 heavy (non-hydrogen) atoms. The van der Waals surface area contributed by atoms with E-state index in [1.165, 1.54) is 4.68 Å². The standard InChI is InChI=1S/C27H19Cl3N2O4/c1-2-36-27(35)24-23(26(34)18-7-13-21(30)14-8-18)25(17-5-11-20(29)12-6-17)32(31-24)15-22(33)16-3-9-19(28)10-4-16/h3-14H,2,15H2,1H3. The molecule has 0 radical (unpaired) electrons. The summed E-state index contributed by atoms with van der Waals surface area (Å²) in [5, 5.41) is 5.83. The van der Waals surface area contributed by atoms with Gasteiger partial charge in [0, 0.05) is 31.8 Å². The SMILES string of the molecule is CCOC(=O)c1nn(CC(=O)c2ccc(Cl)cc2)c(-c2ccc(Cl)cc2)c1C(=O)c1ccc(Cl)cc1. The van der Waals surface area contributed by atoms with Crippen LogP contribution in [0.4, 0.5) is 0 Å². The fraction of sp³-hybridized carbons (Fsp3) is 0.111. The van der Waals surface area contributed by atoms with Crippen LogP contribution in [-0.2, 0) is 11.3 Å². The zero-order valence-electron chi connectivity index (χ0n) is 19.0. The lowest BCUT2D eigenvalue weighted by Crippen LogP contribution is -2.14. The molecule has 0 aliphatic heterocycles. The molecule has 0 saturated heterocycles. The molecule has 0 bridgehead atoms. The molecule has 0 aliphatic rings. The second-order valence-electron chi connectivity index (χ2n) is 7.72. The molecule has 0 saturated carbocycles. The van der Waals surface area contributed by atoms with E-state index in [1.807, 2.05) is 0 Å². The van der Waals surface area contributed by atoms with Gasteiger partial charge in [0.15, 0.2) is 17.3 Å². The second-order valence-corrected chi connectivity index (χ2v) is 9.03. The first-order chi connectivity index (χ1) is 17.3. The van der Waals surface area contributed by atoms with E-state index >= 15 is 0 Å². The lowest BCUT2D eigenvalue weighted by molar-refractivity contribution is 0.0515. The minimum Gasteiger partial charge on any atom is -0.461 e. The highest BCUT2D eigenvalue weighted by Gasteiger charge is 2.31. The Morgan fingerprint density at radius 1 is 0.778 bits per heavy atom. The van der Waals surface area contributed by atoms with Crippen molar-refractivity contribution in [3.63, 3.8) is 0 Å². The van der Waals surface area contributed by atoms with Crippen molar-refractivity contribution in [1.82, 2.24) is 9.78 Å². The number of ether oxygens (including phenoxy) is 1. The Hall–Kier alpha value is -3.45. The molecule has 0 unspecified atom stereocenters. The van der Waals surface area contributed by atoms with Crippen LogP contribution in [0.25, 0.3) is 11.3 Å². The van der Waals surface area contributed by atoms with Crippen molar-refractivity contribution in [2.45, 2.75) is 13.5 Å². The van der Waals surface area contributed by atoms with Gasteiger partial charge in [0.2, 0.25) is 0 Å². The Kier molecular flexibility index (Phi) is 7.89. The van der Waals surface area contributed by atoms with Crippen LogP contribution < -0.4 is 0 Å². The van der Waals surface area contributed by atoms with E-state index in [9.17, 15) is 14.4 Å². The summed E-state index contributed by atoms with van der Waals surface area (Å²) < 4.78 is 6.53. The summed E-state index contributed by atoms with van der Waals surface area (Å²) in [5.41, 5.74) is 1.36. The third-order valence-electron chi connectivity index (χ3n) is 5.33. The van der Waals surface area contributed by atoms with Gasteiger partial charge < -0.3 is 4.74 Å². The van der Waals surface area contributed by atoms with Crippen molar-refractivity contribution in [3.8, 4) is 11.3 Å². The molecular formula is C27H19Cl3N2O4. The average Bonchev–Trinajstić information content (AvgIpc) is 3.24. The van der Waals surface area contributed by atoms with Gasteiger partial charge >= 0.3 is 5.97 Å². The number of aromatic nitrogens is 2. The molecule has 3 aromatic carbocycles. The molecule has 0 aliphatic carbocycles. The molecule has 0 fully saturated rings. The Bertz CT molecular complexity index is 1430. The largest absolute Gasteiger partial charge is 0.461 e. The van der Waals surface area contributed by atoms with Gasteiger partial charge in [0.1, 0.15) is 6.54 Å². The quantitative estimate of drug-likeness (QED) is 0.181. The lowest BCUT2D eigenvalue weighted by atomic mass is 9.97. The summed E-state index contributed by atoms with van der Waals surface area (Å²) in [6.45, 7) is 1.50. The second kappa shape index (κ2) is 11.1. The Morgan fingerprint density at radius 2 is 1.28 bits per heavy atom. The molecule has 0 amide bonds. The van der Waals surface area contributed by atoms with Gasteiger partial charge in [-0.05, 0) is 67.6 Å². The van der Waals surface area contributed by atoms with Crippen LogP contribution in [0.3, 0.4) is 0 Å². The van der Waals surface area contributed by atoms with Gasteiger partial charge in [-0.25, -0.2) is 4.79 Å². The molecular weight excluding hydrogens is 523 g/mol. The maximum absolute atomic E-state index is 13.7. The van der Waals surface area contributed by atoms with Crippen LogP contribution in [0.15, 0.2) is 72.8 Å². The fourth-order valence-electron chi connectivity index (χ4n) is 3.64. The molecule has 1 heterocycles. The number of benzene rings is 3. The highest BCUT2D eigenvalue weighted by Crippen LogP contribution is 2.31. The molecule has 4 aromatic rings. The summed E-state index contributed by atoms with van der Waals surface area (Å²) in [4.78, 5) is 39.7. The highest BCUT2D eigenvalue weighted by atomic mass is 35.5. The van der Waals surface area contributed by atoms with Gasteiger partial charge in [-0.15, -0.1) is 0 Å². The maximum Gasteiger partial charge on any atom is 0.359 e. The van der Waals surface area contributed by atoms with E-state index in [0.29, 0.717) is 31.8 Å². The minimum atomic E-state index is -0.775. The van der Waals surface area contributed by atoms with Crippen LogP contribution in [0.2, 0.25) is 15.1 Å². The monoisotopic (exact) mass is 540 g/mol. The number of carbonyl (C=O) groups excluding carboxylic acids is 3. The number of hydrogen-bond acceptors (Lipinski definition) is 5. The summed E-state index contributed by atoms with van der Waals surface area (Å²) in [6, 6.07) is 19.4. The number of rotatable bonds is 8. The number of hydrogen-bond donors (Lipinski definition) is 0. The minimum absolute atomic E-state index is 0.0157. The summed E-state index contributed by atoms with van der Waals surface area (Å²) in [7, 11) is 0. The fourth-order valence-corrected chi connectivity index (χ4v) is 4.02. The van der Waals surface area contributed by atoms with Crippen LogP contribution in [-0.4, -0.2) is 33.9 Å². The Balaban J connectivity index is 1.91. The van der Waals surface area contributed by atoms with Crippen molar-refractivity contribution in [1.29, 1.82) is 0 Å². The normalized spacial score (nSPS) is 10.8. The van der Waals surface area contributed by atoms with Crippen molar-refractivity contribution < 1.29 is 19.1 Å². The predicted molar refractivity (Wildman–Crippen MR) is 139 cm³/mol. The smallest absolute Gasteiger partial charge is 0.359 e. The molecule has 0 spiro atoms. The number of Topliss-reactive ketones (excluding diaryl/α,β-unsaturated/α-hetero) is 1.